The summed E-state index contributed by atoms with van der Waals surface area (Å²) in [5, 5.41) is 5.05. The first-order valence-electron chi connectivity index (χ1n) is 7.33. The number of nitrogens with two attached hydrogens (primary N) is 2. The Bertz CT molecular complexity index is 1030. The van der Waals surface area contributed by atoms with Crippen LogP contribution < -0.4 is 17.0 Å². The lowest BCUT2D eigenvalue weighted by Crippen LogP contribution is -2.24. The van der Waals surface area contributed by atoms with Gasteiger partial charge >= 0.3 is 0 Å². The van der Waals surface area contributed by atoms with E-state index in [-0.39, 0.29) is 23.7 Å². The third-order valence-electron chi connectivity index (χ3n) is 3.58. The predicted molar refractivity (Wildman–Crippen MR) is 92.5 cm³/mol. The molecule has 0 radical (unpaired) electrons. The second-order valence-electron chi connectivity index (χ2n) is 5.25. The standard InChI is InChI=1S/C16H16N6O3/c1-25-8-13-10(15(24)21-16(17)18)7-19-22(13)12-4-2-3-11-9(12)5-6-14(23)20-11/h2-7H,8H2,1H3,(H,20,23)(H4,17,18,21,24). The van der Waals surface area contributed by atoms with Crippen molar-refractivity contribution < 1.29 is 9.53 Å². The average Bonchev–Trinajstić information content (AvgIpc) is 2.97. The number of carbonyl (C=O) groups is 1. The summed E-state index contributed by atoms with van der Waals surface area (Å²) in [7, 11) is 1.51. The van der Waals surface area contributed by atoms with Crippen LogP contribution in [0.2, 0.25) is 0 Å². The molecule has 9 heteroatoms. The summed E-state index contributed by atoms with van der Waals surface area (Å²) in [4.78, 5) is 30.0. The van der Waals surface area contributed by atoms with Crippen molar-refractivity contribution in [3.63, 3.8) is 0 Å². The predicted octanol–water partition coefficient (Wildman–Crippen LogP) is 0.274. The molecule has 128 valence electrons. The summed E-state index contributed by atoms with van der Waals surface area (Å²) in [6, 6.07) is 8.51. The molecule has 2 heterocycles. The molecule has 0 saturated heterocycles. The quantitative estimate of drug-likeness (QED) is 0.460. The van der Waals surface area contributed by atoms with Gasteiger partial charge in [0.25, 0.3) is 5.91 Å². The van der Waals surface area contributed by atoms with Crippen molar-refractivity contribution in [3.8, 4) is 5.69 Å². The molecule has 0 fully saturated rings. The van der Waals surface area contributed by atoms with Gasteiger partial charge in [0, 0.05) is 18.6 Å². The molecule has 1 aromatic carbocycles. The number of fused-ring (bicyclic) bond motifs is 1. The van der Waals surface area contributed by atoms with Gasteiger partial charge < -0.3 is 21.2 Å². The Labute approximate surface area is 141 Å². The van der Waals surface area contributed by atoms with E-state index in [0.29, 0.717) is 16.9 Å². The van der Waals surface area contributed by atoms with Gasteiger partial charge in [0.15, 0.2) is 5.96 Å². The zero-order valence-corrected chi connectivity index (χ0v) is 13.4. The number of aliphatic imine (C=N–C) groups is 1. The lowest BCUT2D eigenvalue weighted by Gasteiger charge is -2.11. The maximum Gasteiger partial charge on any atom is 0.283 e. The number of pyridine rings is 1. The van der Waals surface area contributed by atoms with Gasteiger partial charge in [0.2, 0.25) is 5.56 Å². The van der Waals surface area contributed by atoms with E-state index in [1.807, 2.05) is 6.07 Å². The molecule has 0 saturated carbocycles. The van der Waals surface area contributed by atoms with Gasteiger partial charge in [-0.25, -0.2) is 4.68 Å². The Hall–Kier alpha value is -3.46. The molecular formula is C16H16N6O3. The number of methoxy groups -OCH3 is 1. The van der Waals surface area contributed by atoms with Gasteiger partial charge in [0.05, 0.1) is 35.3 Å². The Morgan fingerprint density at radius 1 is 1.32 bits per heavy atom. The normalized spacial score (nSPS) is 10.8. The van der Waals surface area contributed by atoms with Gasteiger partial charge in [-0.15, -0.1) is 0 Å². The van der Waals surface area contributed by atoms with Gasteiger partial charge in [-0.3, -0.25) is 9.59 Å². The highest BCUT2D eigenvalue weighted by Crippen LogP contribution is 2.23. The minimum atomic E-state index is -0.605. The van der Waals surface area contributed by atoms with E-state index in [2.05, 4.69) is 15.1 Å². The first-order valence-corrected chi connectivity index (χ1v) is 7.33. The largest absolute Gasteiger partial charge is 0.378 e. The van der Waals surface area contributed by atoms with Crippen LogP contribution in [0.4, 0.5) is 0 Å². The Morgan fingerprint density at radius 2 is 2.12 bits per heavy atom. The van der Waals surface area contributed by atoms with E-state index < -0.39 is 5.91 Å². The number of nitrogens with one attached hydrogen (secondary N) is 1. The molecule has 0 spiro atoms. The minimum absolute atomic E-state index is 0.126. The minimum Gasteiger partial charge on any atom is -0.378 e. The molecule has 0 aliphatic carbocycles. The van der Waals surface area contributed by atoms with Crippen molar-refractivity contribution in [1.29, 1.82) is 0 Å². The van der Waals surface area contributed by atoms with Gasteiger partial charge in [-0.2, -0.15) is 10.1 Å². The smallest absolute Gasteiger partial charge is 0.283 e. The van der Waals surface area contributed by atoms with E-state index in [0.717, 1.165) is 5.39 Å². The van der Waals surface area contributed by atoms with Gasteiger partial charge in [-0.1, -0.05) is 6.07 Å². The second-order valence-corrected chi connectivity index (χ2v) is 5.25. The highest BCUT2D eigenvalue weighted by atomic mass is 16.5. The maximum atomic E-state index is 12.2. The molecule has 3 aromatic rings. The zero-order chi connectivity index (χ0) is 18.0. The van der Waals surface area contributed by atoms with Crippen molar-refractivity contribution in [3.05, 3.63) is 58.1 Å². The van der Waals surface area contributed by atoms with Crippen LogP contribution in [0.3, 0.4) is 0 Å². The zero-order valence-electron chi connectivity index (χ0n) is 13.4. The third kappa shape index (κ3) is 3.12. The number of guanidine groups is 1. The molecule has 1 amide bonds. The van der Waals surface area contributed by atoms with Crippen LogP contribution >= 0.6 is 0 Å². The first-order chi connectivity index (χ1) is 12.0. The van der Waals surface area contributed by atoms with Crippen molar-refractivity contribution in [2.45, 2.75) is 6.61 Å². The maximum absolute atomic E-state index is 12.2. The number of aromatic nitrogens is 3. The molecule has 9 nitrogen and oxygen atoms in total. The summed E-state index contributed by atoms with van der Waals surface area (Å²) in [6.07, 6.45) is 1.38. The number of hydrogen-bond acceptors (Lipinski definition) is 4. The summed E-state index contributed by atoms with van der Waals surface area (Å²) in [5.41, 5.74) is 12.4. The molecule has 3 rings (SSSR count). The van der Waals surface area contributed by atoms with E-state index in [9.17, 15) is 9.59 Å². The van der Waals surface area contributed by atoms with E-state index in [1.54, 1.807) is 22.9 Å². The highest BCUT2D eigenvalue weighted by molar-refractivity contribution is 6.02. The number of nitrogens with zero attached hydrogens (tertiary/aromatic N) is 3. The van der Waals surface area contributed by atoms with Crippen LogP contribution in [0.1, 0.15) is 16.1 Å². The third-order valence-corrected chi connectivity index (χ3v) is 3.58. The van der Waals surface area contributed by atoms with Crippen molar-refractivity contribution >= 4 is 22.8 Å². The fourth-order valence-corrected chi connectivity index (χ4v) is 2.57. The van der Waals surface area contributed by atoms with Gasteiger partial charge in [-0.05, 0) is 18.2 Å². The lowest BCUT2D eigenvalue weighted by molar-refractivity contribution is 0.0997. The number of ether oxygens (including phenoxy) is 1. The fraction of sp³-hybridized carbons (Fsp3) is 0.125. The first kappa shape index (κ1) is 16.4. The average molecular weight is 340 g/mol. The molecular weight excluding hydrogens is 324 g/mol. The topological polar surface area (TPSA) is 141 Å². The number of aromatic amines is 1. The van der Waals surface area contributed by atoms with Gasteiger partial charge in [0.1, 0.15) is 0 Å². The number of H-pyrrole nitrogens is 1. The number of carbonyl (C=O) groups excluding carboxylic acids is 1. The van der Waals surface area contributed by atoms with Crippen LogP contribution in [-0.2, 0) is 11.3 Å². The van der Waals surface area contributed by atoms with Crippen molar-refractivity contribution in [2.75, 3.05) is 7.11 Å². The monoisotopic (exact) mass is 340 g/mol. The molecule has 0 aliphatic rings. The highest BCUT2D eigenvalue weighted by Gasteiger charge is 2.19. The van der Waals surface area contributed by atoms with Crippen LogP contribution in [0.15, 0.2) is 46.3 Å². The Kier molecular flexibility index (Phi) is 4.31. The number of rotatable bonds is 4. The molecule has 5 N–H and O–H groups in total. The SMILES string of the molecule is COCc1c(C(=O)N=C(N)N)cnn1-c1cccc2[nH]c(=O)ccc12. The number of amides is 1. The van der Waals surface area contributed by atoms with Crippen molar-refractivity contribution in [2.24, 2.45) is 16.5 Å². The summed E-state index contributed by atoms with van der Waals surface area (Å²) in [5.74, 6) is -0.934. The van der Waals surface area contributed by atoms with Crippen LogP contribution in [0, 0.1) is 0 Å². The van der Waals surface area contributed by atoms with E-state index in [1.165, 1.54) is 19.4 Å². The Balaban J connectivity index is 2.21. The second kappa shape index (κ2) is 6.57. The number of hydrogen-bond donors (Lipinski definition) is 3. The molecule has 25 heavy (non-hydrogen) atoms. The molecule has 2 aromatic heterocycles. The van der Waals surface area contributed by atoms with E-state index in [4.69, 9.17) is 16.2 Å². The molecule has 0 atom stereocenters. The van der Waals surface area contributed by atoms with E-state index >= 15 is 0 Å². The summed E-state index contributed by atoms with van der Waals surface area (Å²) >= 11 is 0. The Morgan fingerprint density at radius 3 is 2.84 bits per heavy atom. The number of benzene rings is 1. The van der Waals surface area contributed by atoms with Crippen LogP contribution in [0.5, 0.6) is 0 Å². The summed E-state index contributed by atoms with van der Waals surface area (Å²) in [6.45, 7) is 0.126. The lowest BCUT2D eigenvalue weighted by atomic mass is 10.1. The summed E-state index contributed by atoms with van der Waals surface area (Å²) < 4.78 is 6.76. The molecule has 0 unspecified atom stereocenters. The van der Waals surface area contributed by atoms with Crippen LogP contribution in [-0.4, -0.2) is 33.7 Å². The van der Waals surface area contributed by atoms with Crippen LogP contribution in [0.25, 0.3) is 16.6 Å². The fourth-order valence-electron chi connectivity index (χ4n) is 2.57. The molecule has 0 bridgehead atoms. The van der Waals surface area contributed by atoms with Crippen molar-refractivity contribution in [1.82, 2.24) is 14.8 Å². The molecule has 0 aliphatic heterocycles.